The molecule has 1 amide bonds. The third-order valence-corrected chi connectivity index (χ3v) is 7.11. The monoisotopic (exact) mass is 454 g/mol. The average molecular weight is 455 g/mol. The number of aromatic nitrogens is 2. The van der Waals surface area contributed by atoms with Crippen LogP contribution >= 0.6 is 0 Å². The summed E-state index contributed by atoms with van der Waals surface area (Å²) in [6.07, 6.45) is 2.05. The van der Waals surface area contributed by atoms with Gasteiger partial charge in [0, 0.05) is 5.92 Å². The minimum Gasteiger partial charge on any atom is -0.482 e. The number of nitrogens with one attached hydrogen (secondary N) is 1. The first-order valence-corrected chi connectivity index (χ1v) is 11.8. The number of amides is 1. The summed E-state index contributed by atoms with van der Waals surface area (Å²) in [6, 6.07) is 9.87. The van der Waals surface area contributed by atoms with Crippen LogP contribution in [0.15, 0.2) is 45.8 Å². The van der Waals surface area contributed by atoms with Crippen LogP contribution in [0, 0.1) is 13.8 Å². The maximum absolute atomic E-state index is 13.1. The molecule has 3 aromatic rings. The Hall–Kier alpha value is -3.40. The number of hydrogen-bond acceptors (Lipinski definition) is 7. The fourth-order valence-electron chi connectivity index (χ4n) is 3.56. The molecular formula is C22H22N4O5S. The van der Waals surface area contributed by atoms with Crippen LogP contribution in [0.25, 0.3) is 0 Å². The zero-order chi connectivity index (χ0) is 22.5. The van der Waals surface area contributed by atoms with Crippen molar-refractivity contribution >= 4 is 27.3 Å². The quantitative estimate of drug-likeness (QED) is 0.608. The van der Waals surface area contributed by atoms with E-state index >= 15 is 0 Å². The van der Waals surface area contributed by atoms with Crippen LogP contribution in [0.1, 0.15) is 41.6 Å². The molecule has 10 heteroatoms. The van der Waals surface area contributed by atoms with E-state index in [1.165, 1.54) is 17.0 Å². The van der Waals surface area contributed by atoms with E-state index in [9.17, 15) is 13.2 Å². The zero-order valence-corrected chi connectivity index (χ0v) is 18.5. The Morgan fingerprint density at radius 2 is 2.00 bits per heavy atom. The smallest absolute Gasteiger partial charge is 0.265 e. The maximum Gasteiger partial charge on any atom is 0.265 e. The molecule has 1 aliphatic carbocycles. The highest BCUT2D eigenvalue weighted by Gasteiger charge is 2.32. The fourth-order valence-corrected chi connectivity index (χ4v) is 4.70. The molecule has 1 aliphatic heterocycles. The normalized spacial score (nSPS) is 15.9. The van der Waals surface area contributed by atoms with Crippen molar-refractivity contribution in [2.75, 3.05) is 16.2 Å². The highest BCUT2D eigenvalue weighted by Crippen LogP contribution is 2.39. The standard InChI is InChI=1S/C22H22N4O5S/c1-13-4-3-5-17(14(13)2)25-32(28,29)16-8-9-19-18(10-16)26(21(27)12-30-19)11-20-23-22(31-24-20)15-6-7-15/h3-5,8-10,15,25H,6-7,11-12H2,1-2H3. The van der Waals surface area contributed by atoms with E-state index in [0.717, 1.165) is 24.0 Å². The summed E-state index contributed by atoms with van der Waals surface area (Å²) < 4.78 is 39.6. The predicted molar refractivity (Wildman–Crippen MR) is 116 cm³/mol. The molecular weight excluding hydrogens is 432 g/mol. The summed E-state index contributed by atoms with van der Waals surface area (Å²) in [4.78, 5) is 18.4. The summed E-state index contributed by atoms with van der Waals surface area (Å²) in [7, 11) is -3.89. The van der Waals surface area contributed by atoms with Crippen molar-refractivity contribution < 1.29 is 22.5 Å². The number of fused-ring (bicyclic) bond motifs is 1. The molecule has 9 nitrogen and oxygen atoms in total. The summed E-state index contributed by atoms with van der Waals surface area (Å²) in [5.74, 6) is 1.36. The van der Waals surface area contributed by atoms with E-state index < -0.39 is 10.0 Å². The lowest BCUT2D eigenvalue weighted by Crippen LogP contribution is -2.38. The van der Waals surface area contributed by atoms with E-state index in [-0.39, 0.29) is 24.0 Å². The maximum atomic E-state index is 13.1. The van der Waals surface area contributed by atoms with Gasteiger partial charge in [-0.2, -0.15) is 4.98 Å². The highest BCUT2D eigenvalue weighted by molar-refractivity contribution is 7.92. The van der Waals surface area contributed by atoms with Crippen molar-refractivity contribution in [3.05, 3.63) is 59.2 Å². The van der Waals surface area contributed by atoms with E-state index in [1.807, 2.05) is 19.9 Å². The van der Waals surface area contributed by atoms with Gasteiger partial charge < -0.3 is 9.26 Å². The molecule has 2 aromatic carbocycles. The number of aryl methyl sites for hydroxylation is 1. The molecule has 0 bridgehead atoms. The number of nitrogens with zero attached hydrogens (tertiary/aromatic N) is 3. The molecule has 1 fully saturated rings. The molecule has 2 heterocycles. The summed E-state index contributed by atoms with van der Waals surface area (Å²) in [6.45, 7) is 3.70. The molecule has 1 saturated carbocycles. The third kappa shape index (κ3) is 3.81. The molecule has 0 atom stereocenters. The van der Waals surface area contributed by atoms with Crippen LogP contribution in [0.5, 0.6) is 5.75 Å². The molecule has 0 radical (unpaired) electrons. The third-order valence-electron chi connectivity index (χ3n) is 5.74. The first-order valence-electron chi connectivity index (χ1n) is 10.3. The van der Waals surface area contributed by atoms with Crippen molar-refractivity contribution in [2.45, 2.75) is 44.0 Å². The van der Waals surface area contributed by atoms with Crippen molar-refractivity contribution in [3.63, 3.8) is 0 Å². The summed E-state index contributed by atoms with van der Waals surface area (Å²) in [5, 5.41) is 3.97. The SMILES string of the molecule is Cc1cccc(NS(=O)(=O)c2ccc3c(c2)N(Cc2noc(C4CC4)n2)C(=O)CO3)c1C. The van der Waals surface area contributed by atoms with Crippen LogP contribution in [0.2, 0.25) is 0 Å². The van der Waals surface area contributed by atoms with Crippen LogP contribution in [0.3, 0.4) is 0 Å². The van der Waals surface area contributed by atoms with Gasteiger partial charge >= 0.3 is 0 Å². The topological polar surface area (TPSA) is 115 Å². The van der Waals surface area contributed by atoms with Crippen LogP contribution < -0.4 is 14.4 Å². The highest BCUT2D eigenvalue weighted by atomic mass is 32.2. The molecule has 1 N–H and O–H groups in total. The molecule has 5 rings (SSSR count). The number of sulfonamides is 1. The Bertz CT molecular complexity index is 1310. The molecule has 1 aromatic heterocycles. The zero-order valence-electron chi connectivity index (χ0n) is 17.7. The minimum atomic E-state index is -3.89. The van der Waals surface area contributed by atoms with E-state index in [4.69, 9.17) is 9.26 Å². The van der Waals surface area contributed by atoms with Crippen molar-refractivity contribution in [2.24, 2.45) is 0 Å². The first-order chi connectivity index (χ1) is 15.3. The Morgan fingerprint density at radius 1 is 1.19 bits per heavy atom. The Labute approximate surface area is 185 Å². The lowest BCUT2D eigenvalue weighted by molar-refractivity contribution is -0.121. The van der Waals surface area contributed by atoms with Crippen molar-refractivity contribution in [1.82, 2.24) is 10.1 Å². The average Bonchev–Trinajstić information content (AvgIpc) is 3.51. The summed E-state index contributed by atoms with van der Waals surface area (Å²) >= 11 is 0. The van der Waals surface area contributed by atoms with Gasteiger partial charge in [0.2, 0.25) is 5.89 Å². The Kier molecular flexibility index (Phi) is 4.89. The van der Waals surface area contributed by atoms with Gasteiger partial charge in [0.25, 0.3) is 15.9 Å². The molecule has 32 heavy (non-hydrogen) atoms. The molecule has 0 unspecified atom stereocenters. The number of carbonyl (C=O) groups is 1. The molecule has 0 saturated heterocycles. The van der Waals surface area contributed by atoms with Gasteiger partial charge in [0.05, 0.1) is 22.8 Å². The number of ether oxygens (including phenoxy) is 1. The van der Waals surface area contributed by atoms with Crippen molar-refractivity contribution in [1.29, 1.82) is 0 Å². The second-order valence-electron chi connectivity index (χ2n) is 8.07. The van der Waals surface area contributed by atoms with Crippen LogP contribution in [0.4, 0.5) is 11.4 Å². The van der Waals surface area contributed by atoms with Gasteiger partial charge in [0.1, 0.15) is 5.75 Å². The Balaban J connectivity index is 1.46. The number of anilines is 2. The minimum absolute atomic E-state index is 0.0206. The van der Waals surface area contributed by atoms with E-state index in [2.05, 4.69) is 14.9 Å². The van der Waals surface area contributed by atoms with Gasteiger partial charge in [-0.1, -0.05) is 17.3 Å². The van der Waals surface area contributed by atoms with Gasteiger partial charge in [-0.15, -0.1) is 0 Å². The molecule has 166 valence electrons. The largest absolute Gasteiger partial charge is 0.482 e. The lowest BCUT2D eigenvalue weighted by atomic mass is 10.1. The van der Waals surface area contributed by atoms with E-state index in [0.29, 0.717) is 34.8 Å². The number of hydrogen-bond donors (Lipinski definition) is 1. The molecule has 0 spiro atoms. The molecule has 2 aliphatic rings. The first kappa shape index (κ1) is 20.5. The number of benzene rings is 2. The van der Waals surface area contributed by atoms with Crippen LogP contribution in [-0.4, -0.2) is 31.1 Å². The summed E-state index contributed by atoms with van der Waals surface area (Å²) in [5.41, 5.74) is 2.68. The van der Waals surface area contributed by atoms with Gasteiger partial charge in [-0.3, -0.25) is 14.4 Å². The Morgan fingerprint density at radius 3 is 2.78 bits per heavy atom. The lowest BCUT2D eigenvalue weighted by Gasteiger charge is -2.28. The predicted octanol–water partition coefficient (Wildman–Crippen LogP) is 3.29. The number of carbonyl (C=O) groups excluding carboxylic acids is 1. The second-order valence-corrected chi connectivity index (χ2v) is 9.76. The fraction of sp³-hybridized carbons (Fsp3) is 0.318. The van der Waals surface area contributed by atoms with Crippen LogP contribution in [-0.2, 0) is 21.4 Å². The van der Waals surface area contributed by atoms with Gasteiger partial charge in [0.15, 0.2) is 12.4 Å². The van der Waals surface area contributed by atoms with Gasteiger partial charge in [-0.05, 0) is 62.1 Å². The van der Waals surface area contributed by atoms with Gasteiger partial charge in [-0.25, -0.2) is 8.42 Å². The number of rotatable bonds is 6. The second kappa shape index (κ2) is 7.63. The van der Waals surface area contributed by atoms with Crippen molar-refractivity contribution in [3.8, 4) is 5.75 Å². The van der Waals surface area contributed by atoms with E-state index in [1.54, 1.807) is 18.2 Å².